The number of aromatic nitrogens is 2. The van der Waals surface area contributed by atoms with Crippen LogP contribution >= 0.6 is 0 Å². The molecule has 0 bridgehead atoms. The summed E-state index contributed by atoms with van der Waals surface area (Å²) in [5.74, 6) is -0.0322. The molecule has 122 valence electrons. The molecule has 6 nitrogen and oxygen atoms in total. The molecular formula is C16H19FN4O2. The summed E-state index contributed by atoms with van der Waals surface area (Å²) >= 11 is 0. The van der Waals surface area contributed by atoms with E-state index in [0.29, 0.717) is 37.5 Å². The van der Waals surface area contributed by atoms with Crippen molar-refractivity contribution in [3.05, 3.63) is 53.7 Å². The summed E-state index contributed by atoms with van der Waals surface area (Å²) < 4.78 is 18.4. The van der Waals surface area contributed by atoms with Crippen LogP contribution in [-0.4, -0.2) is 42.7 Å². The van der Waals surface area contributed by atoms with Gasteiger partial charge in [0.15, 0.2) is 0 Å². The van der Waals surface area contributed by atoms with Crippen molar-refractivity contribution in [3.63, 3.8) is 0 Å². The summed E-state index contributed by atoms with van der Waals surface area (Å²) in [5, 5.41) is 5.71. The van der Waals surface area contributed by atoms with E-state index in [0.717, 1.165) is 0 Å². The lowest BCUT2D eigenvalue weighted by Crippen LogP contribution is -2.27. The highest BCUT2D eigenvalue weighted by Gasteiger charge is 2.08. The second-order valence-electron chi connectivity index (χ2n) is 4.80. The largest absolute Gasteiger partial charge is 0.383 e. The summed E-state index contributed by atoms with van der Waals surface area (Å²) in [6, 6.07) is 6.50. The first kappa shape index (κ1) is 16.8. The van der Waals surface area contributed by atoms with Crippen molar-refractivity contribution in [3.8, 4) is 0 Å². The number of amides is 1. The molecule has 0 saturated heterocycles. The molecule has 0 fully saturated rings. The predicted octanol–water partition coefficient (Wildman–Crippen LogP) is 1.65. The molecule has 2 N–H and O–H groups in total. The minimum Gasteiger partial charge on any atom is -0.383 e. The van der Waals surface area contributed by atoms with Gasteiger partial charge in [-0.15, -0.1) is 0 Å². The first-order valence-corrected chi connectivity index (χ1v) is 7.27. The van der Waals surface area contributed by atoms with Gasteiger partial charge in [0.2, 0.25) is 0 Å². The molecule has 7 heteroatoms. The molecule has 1 amide bonds. The third-order valence-corrected chi connectivity index (χ3v) is 3.13. The second kappa shape index (κ2) is 8.79. The number of ether oxygens (including phenoxy) is 1. The minimum atomic E-state index is -0.336. The Kier molecular flexibility index (Phi) is 6.43. The fraction of sp³-hybridized carbons (Fsp3) is 0.312. The van der Waals surface area contributed by atoms with E-state index in [1.54, 1.807) is 25.3 Å². The van der Waals surface area contributed by atoms with E-state index in [4.69, 9.17) is 4.74 Å². The van der Waals surface area contributed by atoms with Crippen molar-refractivity contribution in [2.45, 2.75) is 6.42 Å². The number of hydrogen-bond acceptors (Lipinski definition) is 5. The number of hydrogen-bond donors (Lipinski definition) is 2. The van der Waals surface area contributed by atoms with Gasteiger partial charge in [-0.25, -0.2) is 14.4 Å². The number of nitrogens with one attached hydrogen (secondary N) is 2. The maximum Gasteiger partial charge on any atom is 0.271 e. The second-order valence-corrected chi connectivity index (χ2v) is 4.80. The van der Waals surface area contributed by atoms with Crippen LogP contribution in [0.25, 0.3) is 0 Å². The van der Waals surface area contributed by atoms with E-state index in [-0.39, 0.29) is 17.4 Å². The first-order chi connectivity index (χ1) is 11.2. The number of methoxy groups -OCH3 is 1. The Labute approximate surface area is 134 Å². The van der Waals surface area contributed by atoms with E-state index in [9.17, 15) is 9.18 Å². The van der Waals surface area contributed by atoms with Gasteiger partial charge < -0.3 is 15.4 Å². The van der Waals surface area contributed by atoms with Crippen LogP contribution in [0.5, 0.6) is 0 Å². The molecule has 23 heavy (non-hydrogen) atoms. The van der Waals surface area contributed by atoms with Crippen molar-refractivity contribution < 1.29 is 13.9 Å². The first-order valence-electron chi connectivity index (χ1n) is 7.27. The number of halogens is 1. The fourth-order valence-corrected chi connectivity index (χ4v) is 1.92. The van der Waals surface area contributed by atoms with Gasteiger partial charge in [0, 0.05) is 20.2 Å². The molecule has 0 aliphatic carbocycles. The summed E-state index contributed by atoms with van der Waals surface area (Å²) in [4.78, 5) is 20.1. The zero-order valence-electron chi connectivity index (χ0n) is 12.9. The van der Waals surface area contributed by atoms with Crippen molar-refractivity contribution >= 4 is 11.7 Å². The van der Waals surface area contributed by atoms with Crippen LogP contribution in [0.1, 0.15) is 16.1 Å². The number of carbonyl (C=O) groups is 1. The SMILES string of the molecule is COCCNc1cnc(C(=O)NCCc2ccccc2F)cn1. The van der Waals surface area contributed by atoms with Crippen LogP contribution in [0.2, 0.25) is 0 Å². The Bertz CT molecular complexity index is 634. The Balaban J connectivity index is 1.80. The molecule has 0 spiro atoms. The molecule has 0 atom stereocenters. The Morgan fingerprint density at radius 2 is 2.04 bits per heavy atom. The van der Waals surface area contributed by atoms with Crippen molar-refractivity contribution in [2.24, 2.45) is 0 Å². The van der Waals surface area contributed by atoms with Crippen molar-refractivity contribution in [2.75, 3.05) is 32.1 Å². The van der Waals surface area contributed by atoms with Crippen LogP contribution in [0, 0.1) is 5.82 Å². The van der Waals surface area contributed by atoms with E-state index in [1.807, 2.05) is 0 Å². The van der Waals surface area contributed by atoms with Gasteiger partial charge in [-0.3, -0.25) is 4.79 Å². The molecule has 2 aromatic rings. The van der Waals surface area contributed by atoms with Crippen molar-refractivity contribution in [1.29, 1.82) is 0 Å². The molecule has 1 aromatic heterocycles. The van der Waals surface area contributed by atoms with E-state index < -0.39 is 0 Å². The van der Waals surface area contributed by atoms with Gasteiger partial charge >= 0.3 is 0 Å². The number of nitrogens with zero attached hydrogens (tertiary/aromatic N) is 2. The van der Waals surface area contributed by atoms with Gasteiger partial charge in [-0.1, -0.05) is 18.2 Å². The molecule has 2 rings (SSSR count). The third kappa shape index (κ3) is 5.30. The zero-order valence-corrected chi connectivity index (χ0v) is 12.9. The van der Waals surface area contributed by atoms with Crippen LogP contribution < -0.4 is 10.6 Å². The van der Waals surface area contributed by atoms with E-state index in [1.165, 1.54) is 18.5 Å². The Morgan fingerprint density at radius 3 is 2.74 bits per heavy atom. The molecule has 0 radical (unpaired) electrons. The van der Waals surface area contributed by atoms with Crippen molar-refractivity contribution in [1.82, 2.24) is 15.3 Å². The predicted molar refractivity (Wildman–Crippen MR) is 84.8 cm³/mol. The maximum absolute atomic E-state index is 13.5. The normalized spacial score (nSPS) is 10.3. The Morgan fingerprint density at radius 1 is 1.22 bits per heavy atom. The molecule has 1 aromatic carbocycles. The highest BCUT2D eigenvalue weighted by molar-refractivity contribution is 5.91. The quantitative estimate of drug-likeness (QED) is 0.724. The van der Waals surface area contributed by atoms with Gasteiger partial charge in [0.1, 0.15) is 17.3 Å². The summed E-state index contributed by atoms with van der Waals surface area (Å²) in [7, 11) is 1.61. The molecule has 0 aliphatic rings. The molecular weight excluding hydrogens is 299 g/mol. The molecule has 0 saturated carbocycles. The number of anilines is 1. The van der Waals surface area contributed by atoms with Crippen LogP contribution in [0.4, 0.5) is 10.2 Å². The monoisotopic (exact) mass is 318 g/mol. The molecule has 0 aliphatic heterocycles. The zero-order chi connectivity index (χ0) is 16.5. The smallest absolute Gasteiger partial charge is 0.271 e. The van der Waals surface area contributed by atoms with Gasteiger partial charge in [0.05, 0.1) is 19.0 Å². The third-order valence-electron chi connectivity index (χ3n) is 3.13. The number of benzene rings is 1. The van der Waals surface area contributed by atoms with E-state index in [2.05, 4.69) is 20.6 Å². The fourth-order valence-electron chi connectivity index (χ4n) is 1.92. The minimum absolute atomic E-state index is 0.218. The summed E-state index contributed by atoms with van der Waals surface area (Å²) in [6.45, 7) is 1.49. The Hall–Kier alpha value is -2.54. The van der Waals surface area contributed by atoms with Crippen LogP contribution in [-0.2, 0) is 11.2 Å². The highest BCUT2D eigenvalue weighted by atomic mass is 19.1. The lowest BCUT2D eigenvalue weighted by molar-refractivity contribution is 0.0948. The lowest BCUT2D eigenvalue weighted by Gasteiger charge is -2.07. The van der Waals surface area contributed by atoms with E-state index >= 15 is 0 Å². The lowest BCUT2D eigenvalue weighted by atomic mass is 10.1. The highest BCUT2D eigenvalue weighted by Crippen LogP contribution is 2.06. The maximum atomic E-state index is 13.5. The van der Waals surface area contributed by atoms with Crippen LogP contribution in [0.15, 0.2) is 36.7 Å². The average molecular weight is 318 g/mol. The summed E-state index contributed by atoms with van der Waals surface area (Å²) in [5.41, 5.74) is 0.785. The number of rotatable bonds is 8. The molecule has 1 heterocycles. The average Bonchev–Trinajstić information content (AvgIpc) is 2.57. The van der Waals surface area contributed by atoms with Gasteiger partial charge in [0.25, 0.3) is 5.91 Å². The topological polar surface area (TPSA) is 76.1 Å². The van der Waals surface area contributed by atoms with Crippen LogP contribution in [0.3, 0.4) is 0 Å². The van der Waals surface area contributed by atoms with Gasteiger partial charge in [-0.05, 0) is 18.1 Å². The standard InChI is InChI=1S/C16H19FN4O2/c1-23-9-8-18-15-11-20-14(10-21-15)16(22)19-7-6-12-4-2-3-5-13(12)17/h2-5,10-11H,6-9H2,1H3,(H,18,21)(H,19,22). The molecule has 0 unspecified atom stereocenters. The van der Waals surface area contributed by atoms with Gasteiger partial charge in [-0.2, -0.15) is 0 Å². The number of carbonyl (C=O) groups excluding carboxylic acids is 1. The summed E-state index contributed by atoms with van der Waals surface area (Å²) in [6.07, 6.45) is 3.30.